The van der Waals surface area contributed by atoms with Crippen LogP contribution in [0.25, 0.3) is 0 Å². The first-order chi connectivity index (χ1) is 7.33. The molecule has 0 saturated heterocycles. The fraction of sp³-hybridized carbons (Fsp3) is 0.917. The van der Waals surface area contributed by atoms with E-state index in [2.05, 4.69) is 13.8 Å². The van der Waals surface area contributed by atoms with Gasteiger partial charge >= 0.3 is 18.2 Å². The molecule has 0 atom stereocenters. The summed E-state index contributed by atoms with van der Waals surface area (Å²) in [4.78, 5) is 0. The summed E-state index contributed by atoms with van der Waals surface area (Å²) >= 11 is -0.639. The van der Waals surface area contributed by atoms with Gasteiger partial charge in [0.1, 0.15) is 0 Å². The van der Waals surface area contributed by atoms with E-state index in [1.807, 2.05) is 0 Å². The molecule has 3 heteroatoms. The molecule has 0 aromatic carbocycles. The van der Waals surface area contributed by atoms with Gasteiger partial charge < -0.3 is 18.1 Å². The van der Waals surface area contributed by atoms with Crippen molar-refractivity contribution in [2.24, 2.45) is 0 Å². The standard InChI is InChI=1S/C12H25.2ClH.Mg/c1-3-5-7-9-11-12-10-8-6-4-2;;;/h1,3-12H2,2H3;2*1H;/q;;;+2/p-2. The molecular weight excluding hydrogens is 239 g/mol. The molecule has 0 saturated carbocycles. The SMILES string of the molecule is [CH2]CCCCCCCCCCC.[Cl][Mg][Cl]. The zero-order chi connectivity index (χ0) is 11.8. The normalized spacial score (nSPS) is 9.07. The molecule has 0 spiro atoms. The zero-order valence-corrected chi connectivity index (χ0v) is 13.2. The summed E-state index contributed by atoms with van der Waals surface area (Å²) in [5.74, 6) is 0. The molecule has 0 heterocycles. The molecule has 0 unspecified atom stereocenters. The number of rotatable bonds is 9. The van der Waals surface area contributed by atoms with Crippen molar-refractivity contribution in [2.45, 2.75) is 71.1 Å². The Morgan fingerprint density at radius 1 is 0.800 bits per heavy atom. The summed E-state index contributed by atoms with van der Waals surface area (Å²) in [5.41, 5.74) is 0. The van der Waals surface area contributed by atoms with Crippen molar-refractivity contribution in [3.8, 4) is 0 Å². The molecule has 0 aliphatic carbocycles. The van der Waals surface area contributed by atoms with Gasteiger partial charge in [0.05, 0.1) is 0 Å². The molecule has 0 aliphatic rings. The maximum absolute atomic E-state index is 4.90. The highest BCUT2D eigenvalue weighted by Crippen LogP contribution is 2.09. The van der Waals surface area contributed by atoms with E-state index in [9.17, 15) is 0 Å². The predicted octanol–water partition coefficient (Wildman–Crippen LogP) is 5.74. The van der Waals surface area contributed by atoms with Crippen LogP contribution in [0.2, 0.25) is 0 Å². The molecule has 0 aliphatic heterocycles. The van der Waals surface area contributed by atoms with E-state index < -0.39 is 18.2 Å². The molecule has 0 aromatic heterocycles. The fourth-order valence-electron chi connectivity index (χ4n) is 1.49. The maximum Gasteiger partial charge on any atom is 0.618 e. The van der Waals surface area contributed by atoms with Crippen molar-refractivity contribution < 1.29 is 0 Å². The summed E-state index contributed by atoms with van der Waals surface area (Å²) in [6.07, 6.45) is 13.9. The van der Waals surface area contributed by atoms with Crippen LogP contribution < -0.4 is 0 Å². The van der Waals surface area contributed by atoms with Crippen molar-refractivity contribution in [1.29, 1.82) is 0 Å². The third kappa shape index (κ3) is 25.5. The van der Waals surface area contributed by atoms with Crippen LogP contribution in [-0.2, 0) is 0 Å². The summed E-state index contributed by atoms with van der Waals surface area (Å²) in [6.45, 7) is 6.12. The third-order valence-electron chi connectivity index (χ3n) is 2.35. The first-order valence-corrected chi connectivity index (χ1v) is 10.5. The van der Waals surface area contributed by atoms with Gasteiger partial charge in [0.2, 0.25) is 0 Å². The Balaban J connectivity index is 0. The Morgan fingerprint density at radius 2 is 1.13 bits per heavy atom. The fourth-order valence-corrected chi connectivity index (χ4v) is 1.49. The minimum absolute atomic E-state index is 0.639. The number of unbranched alkanes of at least 4 members (excludes halogenated alkanes) is 9. The molecule has 0 N–H and O–H groups in total. The van der Waals surface area contributed by atoms with Crippen molar-refractivity contribution in [2.75, 3.05) is 0 Å². The highest BCUT2D eigenvalue weighted by molar-refractivity contribution is 7.22. The van der Waals surface area contributed by atoms with Crippen LogP contribution in [0.1, 0.15) is 71.1 Å². The quantitative estimate of drug-likeness (QED) is 0.368. The van der Waals surface area contributed by atoms with Gasteiger partial charge in [-0.1, -0.05) is 78.1 Å². The monoisotopic (exact) mass is 263 g/mol. The molecule has 0 aromatic rings. The lowest BCUT2D eigenvalue weighted by molar-refractivity contribution is 0.566. The Labute approximate surface area is 114 Å². The topological polar surface area (TPSA) is 0 Å². The highest BCUT2D eigenvalue weighted by Gasteiger charge is 1.90. The van der Waals surface area contributed by atoms with Crippen LogP contribution in [0.15, 0.2) is 0 Å². The van der Waals surface area contributed by atoms with Crippen molar-refractivity contribution >= 4 is 36.3 Å². The van der Waals surface area contributed by atoms with Gasteiger partial charge in [0, 0.05) is 0 Å². The van der Waals surface area contributed by atoms with E-state index in [0.717, 1.165) is 6.42 Å². The maximum atomic E-state index is 4.90. The lowest BCUT2D eigenvalue weighted by Gasteiger charge is -1.99. The van der Waals surface area contributed by atoms with Gasteiger partial charge in [-0.15, -0.1) is 0 Å². The summed E-state index contributed by atoms with van der Waals surface area (Å²) in [7, 11) is 9.81. The number of halogens is 2. The Bertz CT molecular complexity index is 79.7. The average molecular weight is 265 g/mol. The Hall–Kier alpha value is 1.35. The first kappa shape index (κ1) is 18.7. The Kier molecular flexibility index (Phi) is 25.8. The molecule has 0 amide bonds. The van der Waals surface area contributed by atoms with Crippen LogP contribution in [0.4, 0.5) is 0 Å². The van der Waals surface area contributed by atoms with E-state index in [-0.39, 0.29) is 0 Å². The van der Waals surface area contributed by atoms with Gasteiger partial charge in [-0.2, -0.15) is 0 Å². The predicted molar refractivity (Wildman–Crippen MR) is 74.7 cm³/mol. The largest absolute Gasteiger partial charge is 0.618 e. The minimum atomic E-state index is -0.639. The van der Waals surface area contributed by atoms with Crippen molar-refractivity contribution in [3.05, 3.63) is 6.92 Å². The molecule has 15 heavy (non-hydrogen) atoms. The van der Waals surface area contributed by atoms with E-state index >= 15 is 0 Å². The van der Waals surface area contributed by atoms with Gasteiger partial charge in [0.15, 0.2) is 0 Å². The summed E-state index contributed by atoms with van der Waals surface area (Å²) in [6, 6.07) is 0. The molecule has 0 nitrogen and oxygen atoms in total. The van der Waals surface area contributed by atoms with Crippen molar-refractivity contribution in [1.82, 2.24) is 0 Å². The second-order valence-corrected chi connectivity index (χ2v) is 6.41. The van der Waals surface area contributed by atoms with Gasteiger partial charge in [-0.25, -0.2) is 0 Å². The van der Waals surface area contributed by atoms with Crippen LogP contribution in [-0.4, -0.2) is 18.2 Å². The van der Waals surface area contributed by atoms with Crippen LogP contribution in [0, 0.1) is 6.92 Å². The minimum Gasteiger partial charge on any atom is -0.309 e. The van der Waals surface area contributed by atoms with Crippen molar-refractivity contribution in [3.63, 3.8) is 0 Å². The zero-order valence-electron chi connectivity index (χ0n) is 10.2. The van der Waals surface area contributed by atoms with Crippen LogP contribution >= 0.6 is 18.1 Å². The first-order valence-electron chi connectivity index (χ1n) is 6.24. The third-order valence-corrected chi connectivity index (χ3v) is 2.35. The molecule has 0 rings (SSSR count). The van der Waals surface area contributed by atoms with Crippen LogP contribution in [0.5, 0.6) is 0 Å². The van der Waals surface area contributed by atoms with Crippen LogP contribution in [0.3, 0.4) is 0 Å². The smallest absolute Gasteiger partial charge is 0.309 e. The summed E-state index contributed by atoms with van der Waals surface area (Å²) < 4.78 is 0. The van der Waals surface area contributed by atoms with E-state index in [1.54, 1.807) is 0 Å². The number of hydrogen-bond acceptors (Lipinski definition) is 0. The van der Waals surface area contributed by atoms with E-state index in [4.69, 9.17) is 18.1 Å². The van der Waals surface area contributed by atoms with Gasteiger partial charge in [0.25, 0.3) is 0 Å². The van der Waals surface area contributed by atoms with Gasteiger partial charge in [-0.3, -0.25) is 0 Å². The number of hydrogen-bond donors (Lipinski definition) is 0. The lowest BCUT2D eigenvalue weighted by atomic mass is 10.1. The second kappa shape index (κ2) is 20.7. The van der Waals surface area contributed by atoms with E-state index in [0.29, 0.717) is 0 Å². The molecule has 0 fully saturated rings. The second-order valence-electron chi connectivity index (χ2n) is 3.78. The summed E-state index contributed by atoms with van der Waals surface area (Å²) in [5, 5.41) is 0. The lowest BCUT2D eigenvalue weighted by Crippen LogP contribution is -1.80. The molecule has 1 radical (unpaired) electrons. The molecule has 89 valence electrons. The average Bonchev–Trinajstić information content (AvgIpc) is 2.23. The highest BCUT2D eigenvalue weighted by atomic mass is 35.6. The Morgan fingerprint density at radius 3 is 1.47 bits per heavy atom. The molecular formula is C12H25Cl2Mg. The van der Waals surface area contributed by atoms with Gasteiger partial charge in [-0.05, 0) is 0 Å². The molecule has 0 bridgehead atoms. The van der Waals surface area contributed by atoms with E-state index in [1.165, 1.54) is 57.8 Å².